The Kier molecular flexibility index (Phi) is 3.84. The van der Waals surface area contributed by atoms with E-state index in [9.17, 15) is 14.1 Å². The molecule has 0 bridgehead atoms. The molecule has 1 aromatic rings. The van der Waals surface area contributed by atoms with E-state index >= 15 is 0 Å². The van der Waals surface area contributed by atoms with Crippen LogP contribution in [0.5, 0.6) is 0 Å². The van der Waals surface area contributed by atoms with Crippen molar-refractivity contribution in [1.82, 2.24) is 15.1 Å². The number of nitrogens with zero attached hydrogens (tertiary/aromatic N) is 2. The quantitative estimate of drug-likeness (QED) is 0.852. The Morgan fingerprint density at radius 1 is 1.42 bits per heavy atom. The molecule has 1 aromatic heterocycles. The number of hydrogen-bond acceptors (Lipinski definition) is 4. The average molecular weight is 351 g/mol. The zero-order chi connectivity index (χ0) is 17.1. The van der Waals surface area contributed by atoms with Gasteiger partial charge in [-0.15, -0.1) is 0 Å². The normalized spacial score (nSPS) is 31.5. The fourth-order valence-corrected chi connectivity index (χ4v) is 5.31. The Labute approximate surface area is 144 Å². The van der Waals surface area contributed by atoms with Crippen LogP contribution < -0.4 is 5.32 Å². The summed E-state index contributed by atoms with van der Waals surface area (Å²) >= 11 is 0. The van der Waals surface area contributed by atoms with E-state index in [4.69, 9.17) is 5.10 Å². The van der Waals surface area contributed by atoms with E-state index in [2.05, 4.69) is 10.00 Å². The fraction of sp³-hybridized carbons (Fsp3) is 0.765. The molecule has 1 saturated carbocycles. The number of hydrogen-bond donors (Lipinski definition) is 2. The molecule has 1 amide bonds. The van der Waals surface area contributed by atoms with Crippen molar-refractivity contribution in [2.75, 3.05) is 18.1 Å². The summed E-state index contributed by atoms with van der Waals surface area (Å²) in [5.41, 5.74) is 2.24. The van der Waals surface area contributed by atoms with Gasteiger partial charge in [0.1, 0.15) is 0 Å². The van der Waals surface area contributed by atoms with Gasteiger partial charge in [0.05, 0.1) is 18.2 Å². The van der Waals surface area contributed by atoms with Crippen LogP contribution in [0.25, 0.3) is 0 Å². The molecule has 1 aliphatic heterocycles. The lowest BCUT2D eigenvalue weighted by atomic mass is 10.1. The summed E-state index contributed by atoms with van der Waals surface area (Å²) < 4.78 is 13.7. The fourth-order valence-electron chi connectivity index (χ4n) is 4.04. The van der Waals surface area contributed by atoms with Crippen molar-refractivity contribution in [3.8, 4) is 0 Å². The van der Waals surface area contributed by atoms with Crippen LogP contribution in [0.15, 0.2) is 0 Å². The molecule has 0 unspecified atom stereocenters. The highest BCUT2D eigenvalue weighted by molar-refractivity contribution is 7.85. The second-order valence-electron chi connectivity index (χ2n) is 8.04. The number of amides is 1. The van der Waals surface area contributed by atoms with Crippen LogP contribution in [0.4, 0.5) is 0 Å². The van der Waals surface area contributed by atoms with Gasteiger partial charge in [0.25, 0.3) is 5.91 Å². The molecule has 2 N–H and O–H groups in total. The van der Waals surface area contributed by atoms with Crippen LogP contribution in [-0.2, 0) is 17.2 Å². The van der Waals surface area contributed by atoms with Gasteiger partial charge in [0.2, 0.25) is 0 Å². The Morgan fingerprint density at radius 3 is 2.79 bits per heavy atom. The molecule has 0 spiro atoms. The lowest BCUT2D eigenvalue weighted by Crippen LogP contribution is -2.46. The number of aromatic nitrogens is 2. The number of nitrogens with one attached hydrogen (secondary N) is 1. The van der Waals surface area contributed by atoms with Crippen LogP contribution >= 0.6 is 0 Å². The minimum atomic E-state index is -0.696. The van der Waals surface area contributed by atoms with Gasteiger partial charge < -0.3 is 10.4 Å². The van der Waals surface area contributed by atoms with Crippen LogP contribution in [0, 0.1) is 5.92 Å². The van der Waals surface area contributed by atoms with E-state index in [0.29, 0.717) is 17.5 Å². The van der Waals surface area contributed by atoms with Crippen molar-refractivity contribution in [2.24, 2.45) is 5.92 Å². The second kappa shape index (κ2) is 5.66. The van der Waals surface area contributed by atoms with E-state index in [0.717, 1.165) is 36.3 Å². The van der Waals surface area contributed by atoms with Crippen molar-refractivity contribution < 1.29 is 14.1 Å². The minimum absolute atomic E-state index is 0.110. The molecular formula is C17H25N3O3S. The maximum Gasteiger partial charge on any atom is 0.272 e. The van der Waals surface area contributed by atoms with Gasteiger partial charge in [-0.25, -0.2) is 0 Å². The molecule has 2 atom stereocenters. The zero-order valence-electron chi connectivity index (χ0n) is 14.2. The molecule has 24 heavy (non-hydrogen) atoms. The molecule has 7 heteroatoms. The molecule has 132 valence electrons. The number of carbonyl (C=O) groups excluding carboxylic acids is 1. The maximum atomic E-state index is 12.7. The molecule has 2 heterocycles. The van der Waals surface area contributed by atoms with Gasteiger partial charge in [-0.1, -0.05) is 0 Å². The average Bonchev–Trinajstić information content (AvgIpc) is 3.04. The maximum absolute atomic E-state index is 12.7. The standard InChI is InChI=1S/C17H25N3O3S/c1-17(2,9-21)18-16(22)14-13-8-10-7-12(10)15(13)20(19-14)11-3-5-24(23)6-4-11/h10-12,21H,3-9H2,1-2H3,(H,18,22)/t10-,11?,12-,24?/m0/s1. The summed E-state index contributed by atoms with van der Waals surface area (Å²) in [5, 5.41) is 17.0. The summed E-state index contributed by atoms with van der Waals surface area (Å²) in [6.07, 6.45) is 3.91. The molecule has 2 fully saturated rings. The van der Waals surface area contributed by atoms with E-state index in [1.807, 2.05) is 0 Å². The van der Waals surface area contributed by atoms with E-state index in [1.54, 1.807) is 13.8 Å². The summed E-state index contributed by atoms with van der Waals surface area (Å²) in [6.45, 7) is 3.49. The summed E-state index contributed by atoms with van der Waals surface area (Å²) in [7, 11) is -0.696. The molecule has 3 aliphatic rings. The molecule has 1 saturated heterocycles. The molecule has 0 aromatic carbocycles. The van der Waals surface area contributed by atoms with Gasteiger partial charge in [0.15, 0.2) is 5.69 Å². The first kappa shape index (κ1) is 16.3. The van der Waals surface area contributed by atoms with Crippen LogP contribution in [0.1, 0.15) is 66.8 Å². The number of aliphatic hydroxyl groups excluding tert-OH is 1. The Hall–Kier alpha value is -1.21. The van der Waals surface area contributed by atoms with Gasteiger partial charge in [0, 0.05) is 39.5 Å². The predicted octanol–water partition coefficient (Wildman–Crippen LogP) is 1.13. The van der Waals surface area contributed by atoms with Crippen LogP contribution in [0.3, 0.4) is 0 Å². The van der Waals surface area contributed by atoms with E-state index in [1.165, 1.54) is 12.1 Å². The Morgan fingerprint density at radius 2 is 2.12 bits per heavy atom. The zero-order valence-corrected chi connectivity index (χ0v) is 15.1. The van der Waals surface area contributed by atoms with Crippen molar-refractivity contribution in [3.05, 3.63) is 17.0 Å². The van der Waals surface area contributed by atoms with Crippen LogP contribution in [-0.4, -0.2) is 48.7 Å². The topological polar surface area (TPSA) is 84.2 Å². The van der Waals surface area contributed by atoms with Gasteiger partial charge in [-0.05, 0) is 45.4 Å². The third-order valence-electron chi connectivity index (χ3n) is 5.56. The highest BCUT2D eigenvalue weighted by Gasteiger charge is 2.50. The lowest BCUT2D eigenvalue weighted by Gasteiger charge is -2.24. The number of aliphatic hydroxyl groups is 1. The first-order valence-electron chi connectivity index (χ1n) is 8.79. The Balaban J connectivity index is 1.65. The van der Waals surface area contributed by atoms with Crippen LogP contribution in [0.2, 0.25) is 0 Å². The minimum Gasteiger partial charge on any atom is -0.394 e. The van der Waals surface area contributed by atoms with E-state index in [-0.39, 0.29) is 18.6 Å². The number of carbonyl (C=O) groups is 1. The predicted molar refractivity (Wildman–Crippen MR) is 91.6 cm³/mol. The van der Waals surface area contributed by atoms with Crippen molar-refractivity contribution >= 4 is 16.7 Å². The van der Waals surface area contributed by atoms with Gasteiger partial charge in [-0.3, -0.25) is 13.7 Å². The number of rotatable bonds is 4. The van der Waals surface area contributed by atoms with Crippen molar-refractivity contribution in [1.29, 1.82) is 0 Å². The third kappa shape index (κ3) is 2.71. The Bertz CT molecular complexity index is 702. The molecule has 0 radical (unpaired) electrons. The molecular weight excluding hydrogens is 326 g/mol. The van der Waals surface area contributed by atoms with Crippen molar-refractivity contribution in [3.63, 3.8) is 0 Å². The highest BCUT2D eigenvalue weighted by Crippen LogP contribution is 2.57. The van der Waals surface area contributed by atoms with Gasteiger partial charge >= 0.3 is 0 Å². The molecule has 4 rings (SSSR count). The molecule has 6 nitrogen and oxygen atoms in total. The third-order valence-corrected chi connectivity index (χ3v) is 6.94. The largest absolute Gasteiger partial charge is 0.394 e. The summed E-state index contributed by atoms with van der Waals surface area (Å²) in [4.78, 5) is 12.7. The SMILES string of the molecule is CC(C)(CO)NC(=O)c1nn(C2CCS(=O)CC2)c2c1C[C@@H]1C[C@H]21. The monoisotopic (exact) mass is 351 g/mol. The van der Waals surface area contributed by atoms with E-state index < -0.39 is 16.3 Å². The number of fused-ring (bicyclic) bond motifs is 3. The smallest absolute Gasteiger partial charge is 0.272 e. The van der Waals surface area contributed by atoms with Gasteiger partial charge in [-0.2, -0.15) is 5.10 Å². The second-order valence-corrected chi connectivity index (χ2v) is 9.73. The summed E-state index contributed by atoms with van der Waals surface area (Å²) in [5.74, 6) is 2.51. The lowest BCUT2D eigenvalue weighted by molar-refractivity contribution is 0.0862. The van der Waals surface area contributed by atoms with Crippen molar-refractivity contribution in [2.45, 2.75) is 57.0 Å². The highest BCUT2D eigenvalue weighted by atomic mass is 32.2. The molecule has 2 aliphatic carbocycles. The first-order valence-corrected chi connectivity index (χ1v) is 10.3. The summed E-state index contributed by atoms with van der Waals surface area (Å²) in [6, 6.07) is 0.267. The first-order chi connectivity index (χ1) is 11.4.